The maximum atomic E-state index is 12.1. The summed E-state index contributed by atoms with van der Waals surface area (Å²) in [5.74, 6) is 0.405. The van der Waals surface area contributed by atoms with Crippen LogP contribution < -0.4 is 10.1 Å². The number of ether oxygens (including phenoxy) is 1. The number of benzene rings is 1. The summed E-state index contributed by atoms with van der Waals surface area (Å²) in [5.41, 5.74) is 0.733. The number of rotatable bonds is 5. The number of hydrogen-bond acceptors (Lipinski definition) is 2. The van der Waals surface area contributed by atoms with Crippen LogP contribution >= 0.6 is 27.5 Å². The van der Waals surface area contributed by atoms with E-state index in [0.29, 0.717) is 22.9 Å². The SMILES string of the molecule is COc1ccc(Cl)cc1C(=O)NCC1(CBr)CC1. The molecule has 18 heavy (non-hydrogen) atoms. The second-order valence-electron chi connectivity index (χ2n) is 4.66. The van der Waals surface area contributed by atoms with Crippen LogP contribution in [-0.2, 0) is 0 Å². The summed E-state index contributed by atoms with van der Waals surface area (Å²) in [6.45, 7) is 0.687. The van der Waals surface area contributed by atoms with Crippen molar-refractivity contribution in [1.29, 1.82) is 0 Å². The second kappa shape index (κ2) is 5.49. The lowest BCUT2D eigenvalue weighted by Crippen LogP contribution is -2.31. The van der Waals surface area contributed by atoms with Crippen molar-refractivity contribution in [2.24, 2.45) is 5.41 Å². The van der Waals surface area contributed by atoms with Crippen LogP contribution in [0.3, 0.4) is 0 Å². The topological polar surface area (TPSA) is 38.3 Å². The molecule has 1 aromatic rings. The van der Waals surface area contributed by atoms with Gasteiger partial charge in [-0.1, -0.05) is 27.5 Å². The third-order valence-electron chi connectivity index (χ3n) is 3.27. The number of hydrogen-bond donors (Lipinski definition) is 1. The predicted octanol–water partition coefficient (Wildman–Crippen LogP) is 3.25. The van der Waals surface area contributed by atoms with Gasteiger partial charge in [-0.15, -0.1) is 0 Å². The molecule has 0 unspecified atom stereocenters. The van der Waals surface area contributed by atoms with Crippen molar-refractivity contribution in [3.63, 3.8) is 0 Å². The van der Waals surface area contributed by atoms with Gasteiger partial charge < -0.3 is 10.1 Å². The Balaban J connectivity index is 2.06. The molecule has 5 heteroatoms. The highest BCUT2D eigenvalue weighted by molar-refractivity contribution is 9.09. The van der Waals surface area contributed by atoms with E-state index in [9.17, 15) is 4.79 Å². The molecule has 0 atom stereocenters. The van der Waals surface area contributed by atoms with E-state index in [4.69, 9.17) is 16.3 Å². The fourth-order valence-corrected chi connectivity index (χ4v) is 2.69. The summed E-state index contributed by atoms with van der Waals surface area (Å²) in [6.07, 6.45) is 2.32. The molecular weight excluding hydrogens is 318 g/mol. The molecule has 1 saturated carbocycles. The Kier molecular flexibility index (Phi) is 4.17. The average Bonchev–Trinajstić information content (AvgIpc) is 3.16. The largest absolute Gasteiger partial charge is 0.496 e. The minimum absolute atomic E-state index is 0.137. The molecule has 0 spiro atoms. The number of halogens is 2. The van der Waals surface area contributed by atoms with Gasteiger partial charge in [0.05, 0.1) is 12.7 Å². The first kappa shape index (κ1) is 13.7. The third kappa shape index (κ3) is 2.98. The summed E-state index contributed by atoms with van der Waals surface area (Å²) in [6, 6.07) is 5.04. The molecule has 1 aliphatic carbocycles. The Morgan fingerprint density at radius 1 is 1.56 bits per heavy atom. The first-order valence-electron chi connectivity index (χ1n) is 5.78. The molecule has 98 valence electrons. The highest BCUT2D eigenvalue weighted by atomic mass is 79.9. The number of carbonyl (C=O) groups excluding carboxylic acids is 1. The highest BCUT2D eigenvalue weighted by Gasteiger charge is 2.41. The van der Waals surface area contributed by atoms with Gasteiger partial charge >= 0.3 is 0 Å². The highest BCUT2D eigenvalue weighted by Crippen LogP contribution is 2.46. The molecular formula is C13H15BrClNO2. The standard InChI is InChI=1S/C13H15BrClNO2/c1-18-11-3-2-9(15)6-10(11)12(17)16-8-13(7-14)4-5-13/h2-3,6H,4-5,7-8H2,1H3,(H,16,17). The van der Waals surface area contributed by atoms with Gasteiger partial charge in [0.2, 0.25) is 0 Å². The van der Waals surface area contributed by atoms with Crippen LogP contribution in [0.2, 0.25) is 5.02 Å². The van der Waals surface area contributed by atoms with Gasteiger partial charge in [0.1, 0.15) is 5.75 Å². The second-order valence-corrected chi connectivity index (χ2v) is 5.66. The smallest absolute Gasteiger partial charge is 0.255 e. The lowest BCUT2D eigenvalue weighted by molar-refractivity contribution is 0.0943. The van der Waals surface area contributed by atoms with Crippen molar-refractivity contribution in [2.45, 2.75) is 12.8 Å². The lowest BCUT2D eigenvalue weighted by Gasteiger charge is -2.14. The van der Waals surface area contributed by atoms with Gasteiger partial charge in [0.25, 0.3) is 5.91 Å². The Labute approximate surface area is 120 Å². The first-order valence-corrected chi connectivity index (χ1v) is 7.28. The van der Waals surface area contributed by atoms with E-state index in [2.05, 4.69) is 21.2 Å². The summed E-state index contributed by atoms with van der Waals surface area (Å²) in [5, 5.41) is 4.40. The zero-order chi connectivity index (χ0) is 13.2. The van der Waals surface area contributed by atoms with Crippen LogP contribution in [0.15, 0.2) is 18.2 Å². The normalized spacial score (nSPS) is 16.2. The molecule has 0 aromatic heterocycles. The Morgan fingerprint density at radius 2 is 2.28 bits per heavy atom. The monoisotopic (exact) mass is 331 g/mol. The van der Waals surface area contributed by atoms with Gasteiger partial charge in [-0.25, -0.2) is 0 Å². The van der Waals surface area contributed by atoms with Crippen LogP contribution in [0.4, 0.5) is 0 Å². The van der Waals surface area contributed by atoms with E-state index in [0.717, 1.165) is 18.2 Å². The van der Waals surface area contributed by atoms with Crippen molar-refractivity contribution >= 4 is 33.4 Å². The molecule has 0 radical (unpaired) electrons. The van der Waals surface area contributed by atoms with E-state index >= 15 is 0 Å². The molecule has 0 aliphatic heterocycles. The molecule has 0 saturated heterocycles. The minimum atomic E-state index is -0.137. The van der Waals surface area contributed by atoms with Crippen LogP contribution in [0, 0.1) is 5.41 Å². The van der Waals surface area contributed by atoms with Crippen molar-refractivity contribution in [3.8, 4) is 5.75 Å². The quantitative estimate of drug-likeness (QED) is 0.841. The van der Waals surface area contributed by atoms with E-state index in [1.54, 1.807) is 25.3 Å². The molecule has 0 heterocycles. The molecule has 3 nitrogen and oxygen atoms in total. The molecule has 2 rings (SSSR count). The van der Waals surface area contributed by atoms with Gasteiger partial charge in [0.15, 0.2) is 0 Å². The van der Waals surface area contributed by atoms with E-state index in [-0.39, 0.29) is 11.3 Å². The van der Waals surface area contributed by atoms with Crippen LogP contribution in [-0.4, -0.2) is 24.9 Å². The van der Waals surface area contributed by atoms with Crippen molar-refractivity contribution in [3.05, 3.63) is 28.8 Å². The van der Waals surface area contributed by atoms with E-state index < -0.39 is 0 Å². The van der Waals surface area contributed by atoms with Crippen molar-refractivity contribution in [1.82, 2.24) is 5.32 Å². The van der Waals surface area contributed by atoms with Gasteiger partial charge in [0, 0.05) is 16.9 Å². The van der Waals surface area contributed by atoms with Gasteiger partial charge in [-0.2, -0.15) is 0 Å². The number of carbonyl (C=O) groups is 1. The Morgan fingerprint density at radius 3 is 2.83 bits per heavy atom. The van der Waals surface area contributed by atoms with Crippen LogP contribution in [0.25, 0.3) is 0 Å². The van der Waals surface area contributed by atoms with E-state index in [1.165, 1.54) is 0 Å². The number of alkyl halides is 1. The Hall–Kier alpha value is -0.740. The number of nitrogens with one attached hydrogen (secondary N) is 1. The zero-order valence-electron chi connectivity index (χ0n) is 10.1. The average molecular weight is 333 g/mol. The van der Waals surface area contributed by atoms with E-state index in [1.807, 2.05) is 0 Å². The fourth-order valence-electron chi connectivity index (χ4n) is 1.76. The van der Waals surface area contributed by atoms with Gasteiger partial charge in [-0.3, -0.25) is 4.79 Å². The van der Waals surface area contributed by atoms with Crippen molar-refractivity contribution < 1.29 is 9.53 Å². The number of methoxy groups -OCH3 is 1. The summed E-state index contributed by atoms with van der Waals surface area (Å²) in [4.78, 5) is 12.1. The molecule has 1 aliphatic rings. The molecule has 1 amide bonds. The Bertz CT molecular complexity index is 460. The summed E-state index contributed by atoms with van der Waals surface area (Å²) < 4.78 is 5.17. The van der Waals surface area contributed by atoms with Gasteiger partial charge in [-0.05, 0) is 36.5 Å². The van der Waals surface area contributed by atoms with Crippen LogP contribution in [0.5, 0.6) is 5.75 Å². The maximum Gasteiger partial charge on any atom is 0.255 e. The molecule has 1 aromatic carbocycles. The third-order valence-corrected chi connectivity index (χ3v) is 4.70. The van der Waals surface area contributed by atoms with Crippen LogP contribution in [0.1, 0.15) is 23.2 Å². The van der Waals surface area contributed by atoms with Crippen molar-refractivity contribution in [2.75, 3.05) is 19.0 Å². The number of amides is 1. The molecule has 0 bridgehead atoms. The maximum absolute atomic E-state index is 12.1. The summed E-state index contributed by atoms with van der Waals surface area (Å²) >= 11 is 9.39. The fraction of sp³-hybridized carbons (Fsp3) is 0.462. The zero-order valence-corrected chi connectivity index (χ0v) is 12.5. The molecule has 1 N–H and O–H groups in total. The minimum Gasteiger partial charge on any atom is -0.496 e. The summed E-state index contributed by atoms with van der Waals surface area (Å²) in [7, 11) is 1.54. The predicted molar refractivity (Wildman–Crippen MR) is 75.8 cm³/mol. The lowest BCUT2D eigenvalue weighted by atomic mass is 10.1. The molecule has 1 fully saturated rings. The first-order chi connectivity index (χ1) is 8.60.